The first-order valence-electron chi connectivity index (χ1n) is 8.53. The minimum absolute atomic E-state index is 0.238. The maximum absolute atomic E-state index is 12.3. The van der Waals surface area contributed by atoms with Crippen LogP contribution >= 0.6 is 23.2 Å². The zero-order chi connectivity index (χ0) is 20.3. The number of aromatic nitrogens is 1. The number of hydrogen-bond acceptors (Lipinski definition) is 5. The SMILES string of the molecule is Nc1cc(Cl)cnc1N1CCN(C(=O)NCC(=O)O)C[C@@H]1c1ccc(Cl)cc1. The molecule has 148 valence electrons. The van der Waals surface area contributed by atoms with Gasteiger partial charge in [-0.25, -0.2) is 9.78 Å². The number of nitrogens with one attached hydrogen (secondary N) is 1. The molecule has 1 aromatic heterocycles. The van der Waals surface area contributed by atoms with Crippen molar-refractivity contribution in [3.05, 3.63) is 52.1 Å². The summed E-state index contributed by atoms with van der Waals surface area (Å²) in [6.45, 7) is 0.749. The topological polar surface area (TPSA) is 112 Å². The van der Waals surface area contributed by atoms with Gasteiger partial charge >= 0.3 is 12.0 Å². The van der Waals surface area contributed by atoms with E-state index in [9.17, 15) is 9.59 Å². The number of aliphatic carboxylic acids is 1. The second kappa shape index (κ2) is 8.53. The molecule has 0 unspecified atom stereocenters. The molecule has 2 amide bonds. The van der Waals surface area contributed by atoms with Crippen LogP contribution in [0.2, 0.25) is 10.0 Å². The van der Waals surface area contributed by atoms with Crippen LogP contribution in [0.3, 0.4) is 0 Å². The zero-order valence-corrected chi connectivity index (χ0v) is 16.3. The summed E-state index contributed by atoms with van der Waals surface area (Å²) in [6.07, 6.45) is 1.53. The summed E-state index contributed by atoms with van der Waals surface area (Å²) in [5, 5.41) is 12.2. The number of piperazine rings is 1. The van der Waals surface area contributed by atoms with Gasteiger partial charge in [-0.1, -0.05) is 35.3 Å². The summed E-state index contributed by atoms with van der Waals surface area (Å²) in [4.78, 5) is 31.0. The Bertz CT molecular complexity index is 878. The van der Waals surface area contributed by atoms with Crippen molar-refractivity contribution in [2.45, 2.75) is 6.04 Å². The highest BCUT2D eigenvalue weighted by Gasteiger charge is 2.32. The fraction of sp³-hybridized carbons (Fsp3) is 0.278. The average Bonchev–Trinajstić information content (AvgIpc) is 2.66. The molecule has 1 fully saturated rings. The molecule has 1 aliphatic heterocycles. The van der Waals surface area contributed by atoms with E-state index in [0.717, 1.165) is 5.56 Å². The summed E-state index contributed by atoms with van der Waals surface area (Å²) in [5.74, 6) is -0.519. The lowest BCUT2D eigenvalue weighted by Gasteiger charge is -2.42. The number of nitrogens with two attached hydrogens (primary N) is 1. The van der Waals surface area contributed by atoms with Gasteiger partial charge in [-0.3, -0.25) is 4.79 Å². The first kappa shape index (κ1) is 20.0. The number of hydrogen-bond donors (Lipinski definition) is 3. The molecular formula is C18H19Cl2N5O3. The van der Waals surface area contributed by atoms with Crippen LogP contribution in [0.5, 0.6) is 0 Å². The van der Waals surface area contributed by atoms with Gasteiger partial charge in [0, 0.05) is 30.9 Å². The summed E-state index contributed by atoms with van der Waals surface area (Å²) in [5.41, 5.74) is 7.49. The van der Waals surface area contributed by atoms with Crippen molar-refractivity contribution < 1.29 is 14.7 Å². The molecule has 1 atom stereocenters. The van der Waals surface area contributed by atoms with E-state index >= 15 is 0 Å². The minimum Gasteiger partial charge on any atom is -0.480 e. The number of nitrogens with zero attached hydrogens (tertiary/aromatic N) is 3. The number of anilines is 2. The highest BCUT2D eigenvalue weighted by molar-refractivity contribution is 6.31. The molecule has 1 saturated heterocycles. The standard InChI is InChI=1S/C18H19Cl2N5O3/c19-12-3-1-11(2-4-12)15-10-24(18(28)23-9-16(26)27)5-6-25(15)17-14(21)7-13(20)8-22-17/h1-4,7-8,15H,5-6,9-10,21H2,(H,23,28)(H,26,27)/t15-/m1/s1. The Morgan fingerprint density at radius 1 is 1.21 bits per heavy atom. The zero-order valence-electron chi connectivity index (χ0n) is 14.8. The molecule has 0 aliphatic carbocycles. The Balaban J connectivity index is 1.88. The van der Waals surface area contributed by atoms with E-state index in [-0.39, 0.29) is 6.04 Å². The van der Waals surface area contributed by atoms with Gasteiger partial charge in [0.05, 0.1) is 16.8 Å². The van der Waals surface area contributed by atoms with E-state index in [1.54, 1.807) is 23.1 Å². The monoisotopic (exact) mass is 423 g/mol. The van der Waals surface area contributed by atoms with Crippen molar-refractivity contribution in [1.82, 2.24) is 15.2 Å². The van der Waals surface area contributed by atoms with Crippen LogP contribution in [0.25, 0.3) is 0 Å². The highest BCUT2D eigenvalue weighted by atomic mass is 35.5. The van der Waals surface area contributed by atoms with Crippen LogP contribution in [-0.4, -0.2) is 53.2 Å². The number of carboxylic acid groups (broad SMARTS) is 1. The second-order valence-corrected chi connectivity index (χ2v) is 7.20. The highest BCUT2D eigenvalue weighted by Crippen LogP contribution is 2.34. The van der Waals surface area contributed by atoms with Crippen LogP contribution in [0.1, 0.15) is 11.6 Å². The van der Waals surface area contributed by atoms with Gasteiger partial charge in [0.15, 0.2) is 5.82 Å². The second-order valence-electron chi connectivity index (χ2n) is 6.33. The third-order valence-corrected chi connectivity index (χ3v) is 4.91. The largest absolute Gasteiger partial charge is 0.480 e. The number of carbonyl (C=O) groups is 2. The molecule has 8 nitrogen and oxygen atoms in total. The van der Waals surface area contributed by atoms with E-state index in [1.807, 2.05) is 17.0 Å². The van der Waals surface area contributed by atoms with Crippen molar-refractivity contribution in [1.29, 1.82) is 0 Å². The van der Waals surface area contributed by atoms with Crippen LogP contribution in [0.4, 0.5) is 16.3 Å². The number of nitrogen functional groups attached to an aromatic ring is 1. The number of carboxylic acids is 1. The minimum atomic E-state index is -1.10. The maximum atomic E-state index is 12.3. The van der Waals surface area contributed by atoms with Crippen molar-refractivity contribution in [2.24, 2.45) is 0 Å². The predicted octanol–water partition coefficient (Wildman–Crippen LogP) is 2.63. The molecule has 0 spiro atoms. The van der Waals surface area contributed by atoms with E-state index in [0.29, 0.717) is 41.2 Å². The molecule has 10 heteroatoms. The number of urea groups is 1. The number of amides is 2. The van der Waals surface area contributed by atoms with Gasteiger partial charge in [-0.15, -0.1) is 0 Å². The summed E-state index contributed by atoms with van der Waals surface area (Å²) in [6, 6.07) is 8.27. The molecule has 28 heavy (non-hydrogen) atoms. The van der Waals surface area contributed by atoms with Crippen LogP contribution in [-0.2, 0) is 4.79 Å². The van der Waals surface area contributed by atoms with Crippen molar-refractivity contribution in [3.63, 3.8) is 0 Å². The molecule has 4 N–H and O–H groups in total. The number of pyridine rings is 1. The Morgan fingerprint density at radius 2 is 1.93 bits per heavy atom. The lowest BCUT2D eigenvalue weighted by Crippen LogP contribution is -2.54. The molecular weight excluding hydrogens is 405 g/mol. The van der Waals surface area contributed by atoms with Crippen molar-refractivity contribution >= 4 is 46.7 Å². The third kappa shape index (κ3) is 4.58. The summed E-state index contributed by atoms with van der Waals surface area (Å²) in [7, 11) is 0. The molecule has 1 aromatic carbocycles. The molecule has 0 bridgehead atoms. The van der Waals surface area contributed by atoms with Crippen molar-refractivity contribution in [2.75, 3.05) is 36.8 Å². The van der Waals surface area contributed by atoms with E-state index < -0.39 is 18.5 Å². The van der Waals surface area contributed by atoms with E-state index in [1.165, 1.54) is 6.20 Å². The quantitative estimate of drug-likeness (QED) is 0.696. The Kier molecular flexibility index (Phi) is 6.11. The normalized spacial score (nSPS) is 16.7. The van der Waals surface area contributed by atoms with Crippen LogP contribution < -0.4 is 16.0 Å². The number of halogens is 2. The van der Waals surface area contributed by atoms with Crippen molar-refractivity contribution in [3.8, 4) is 0 Å². The van der Waals surface area contributed by atoms with E-state index in [2.05, 4.69) is 10.3 Å². The van der Waals surface area contributed by atoms with Gasteiger partial charge in [0.1, 0.15) is 6.54 Å². The van der Waals surface area contributed by atoms with Gasteiger partial charge in [-0.2, -0.15) is 0 Å². The third-order valence-electron chi connectivity index (χ3n) is 4.45. The van der Waals surface area contributed by atoms with Gasteiger partial charge in [0.2, 0.25) is 0 Å². The Hall–Kier alpha value is -2.71. The molecule has 0 radical (unpaired) electrons. The maximum Gasteiger partial charge on any atom is 0.323 e. The van der Waals surface area contributed by atoms with Gasteiger partial charge < -0.3 is 26.0 Å². The smallest absolute Gasteiger partial charge is 0.323 e. The molecule has 3 rings (SSSR count). The fourth-order valence-electron chi connectivity index (χ4n) is 3.14. The van der Waals surface area contributed by atoms with Crippen LogP contribution in [0, 0.1) is 0 Å². The Labute approximate surface area is 171 Å². The summed E-state index contributed by atoms with van der Waals surface area (Å²) >= 11 is 12.0. The molecule has 1 aliphatic rings. The first-order valence-corrected chi connectivity index (χ1v) is 9.28. The average molecular weight is 424 g/mol. The number of carbonyl (C=O) groups excluding carboxylic acids is 1. The van der Waals surface area contributed by atoms with Gasteiger partial charge in [-0.05, 0) is 23.8 Å². The fourth-order valence-corrected chi connectivity index (χ4v) is 3.43. The number of benzene rings is 1. The first-order chi connectivity index (χ1) is 13.3. The Morgan fingerprint density at radius 3 is 2.57 bits per heavy atom. The molecule has 2 heterocycles. The predicted molar refractivity (Wildman–Crippen MR) is 108 cm³/mol. The summed E-state index contributed by atoms with van der Waals surface area (Å²) < 4.78 is 0. The van der Waals surface area contributed by atoms with E-state index in [4.69, 9.17) is 34.0 Å². The lowest BCUT2D eigenvalue weighted by molar-refractivity contribution is -0.135. The van der Waals surface area contributed by atoms with Crippen LogP contribution in [0.15, 0.2) is 36.5 Å². The number of rotatable bonds is 4. The molecule has 0 saturated carbocycles. The molecule has 2 aromatic rings. The van der Waals surface area contributed by atoms with Gasteiger partial charge in [0.25, 0.3) is 0 Å². The lowest BCUT2D eigenvalue weighted by atomic mass is 10.0.